The van der Waals surface area contributed by atoms with E-state index < -0.39 is 44.1 Å². The van der Waals surface area contributed by atoms with Crippen LogP contribution in [0.5, 0.6) is 0 Å². The van der Waals surface area contributed by atoms with Gasteiger partial charge in [-0.25, -0.2) is 17.2 Å². The van der Waals surface area contributed by atoms with Crippen molar-refractivity contribution in [3.8, 4) is 0 Å². The number of nitrogens with zero attached hydrogens (tertiary/aromatic N) is 4. The summed E-state index contributed by atoms with van der Waals surface area (Å²) in [5, 5.41) is 11.4. The van der Waals surface area contributed by atoms with Crippen molar-refractivity contribution in [1.82, 2.24) is 20.2 Å². The van der Waals surface area contributed by atoms with Crippen molar-refractivity contribution in [2.45, 2.75) is 37.8 Å². The minimum Gasteiger partial charge on any atom is -0.228 e. The van der Waals surface area contributed by atoms with E-state index in [-0.39, 0.29) is 5.82 Å². The van der Waals surface area contributed by atoms with Gasteiger partial charge in [0.2, 0.25) is 0 Å². The third-order valence-electron chi connectivity index (χ3n) is 2.83. The summed E-state index contributed by atoms with van der Waals surface area (Å²) in [5.41, 5.74) is -0.919. The van der Waals surface area contributed by atoms with E-state index in [0.717, 1.165) is 12.1 Å². The standard InChI is InChI=1S/C13H16F2N4O2S/c1-13(2,3)19-17-12(16-18-19)8-22(20,21)7-9-10(14)5-4-6-11(9)15/h4-6H,7-8H2,1-3H3. The summed E-state index contributed by atoms with van der Waals surface area (Å²) in [6, 6.07) is 3.21. The van der Waals surface area contributed by atoms with Crippen LogP contribution in [-0.4, -0.2) is 28.6 Å². The molecule has 0 aliphatic rings. The number of aromatic nitrogens is 4. The lowest BCUT2D eigenvalue weighted by Crippen LogP contribution is -2.24. The topological polar surface area (TPSA) is 77.7 Å². The Bertz CT molecular complexity index is 761. The number of benzene rings is 1. The van der Waals surface area contributed by atoms with E-state index >= 15 is 0 Å². The summed E-state index contributed by atoms with van der Waals surface area (Å²) in [6.07, 6.45) is 0. The summed E-state index contributed by atoms with van der Waals surface area (Å²) in [5.74, 6) is -3.08. The van der Waals surface area contributed by atoms with Crippen molar-refractivity contribution >= 4 is 9.84 Å². The fourth-order valence-electron chi connectivity index (χ4n) is 1.72. The monoisotopic (exact) mass is 330 g/mol. The van der Waals surface area contributed by atoms with Crippen molar-refractivity contribution in [2.75, 3.05) is 0 Å². The van der Waals surface area contributed by atoms with E-state index in [1.54, 1.807) is 0 Å². The Balaban J connectivity index is 2.20. The molecule has 9 heteroatoms. The zero-order chi connectivity index (χ0) is 16.5. The van der Waals surface area contributed by atoms with E-state index in [2.05, 4.69) is 15.4 Å². The van der Waals surface area contributed by atoms with Crippen LogP contribution in [0.1, 0.15) is 32.2 Å². The summed E-state index contributed by atoms with van der Waals surface area (Å²) >= 11 is 0. The molecule has 1 aromatic carbocycles. The zero-order valence-electron chi connectivity index (χ0n) is 12.4. The number of hydrogen-bond donors (Lipinski definition) is 0. The molecule has 0 bridgehead atoms. The number of halogens is 2. The second-order valence-electron chi connectivity index (χ2n) is 5.90. The van der Waals surface area contributed by atoms with Gasteiger partial charge < -0.3 is 0 Å². The highest BCUT2D eigenvalue weighted by Gasteiger charge is 2.23. The third kappa shape index (κ3) is 3.85. The Morgan fingerprint density at radius 1 is 1.14 bits per heavy atom. The first kappa shape index (κ1) is 16.5. The smallest absolute Gasteiger partial charge is 0.189 e. The van der Waals surface area contributed by atoms with Crippen LogP contribution in [0.25, 0.3) is 0 Å². The molecule has 0 aliphatic carbocycles. The Morgan fingerprint density at radius 3 is 2.23 bits per heavy atom. The summed E-state index contributed by atoms with van der Waals surface area (Å²) < 4.78 is 51.2. The maximum atomic E-state index is 13.5. The number of rotatable bonds is 4. The minimum absolute atomic E-state index is 0.00771. The first-order valence-corrected chi connectivity index (χ1v) is 8.33. The molecule has 0 spiro atoms. The first-order chi connectivity index (χ1) is 10.1. The highest BCUT2D eigenvalue weighted by Crippen LogP contribution is 2.17. The van der Waals surface area contributed by atoms with Crippen molar-refractivity contribution in [1.29, 1.82) is 0 Å². The predicted octanol–water partition coefficient (Wildman–Crippen LogP) is 1.82. The number of sulfone groups is 1. The molecule has 0 aliphatic heterocycles. The van der Waals surface area contributed by atoms with Crippen molar-refractivity contribution < 1.29 is 17.2 Å². The lowest BCUT2D eigenvalue weighted by molar-refractivity contribution is 0.305. The normalized spacial score (nSPS) is 12.6. The summed E-state index contributed by atoms with van der Waals surface area (Å²) in [6.45, 7) is 5.51. The number of hydrogen-bond acceptors (Lipinski definition) is 5. The SMILES string of the molecule is CC(C)(C)n1nnc(CS(=O)(=O)Cc2c(F)cccc2F)n1. The van der Waals surface area contributed by atoms with Gasteiger partial charge in [0.05, 0.1) is 11.3 Å². The fraction of sp³-hybridized carbons (Fsp3) is 0.462. The van der Waals surface area contributed by atoms with Gasteiger partial charge in [0.25, 0.3) is 0 Å². The molecule has 0 saturated heterocycles. The Kier molecular flexibility index (Phi) is 4.28. The molecule has 22 heavy (non-hydrogen) atoms. The van der Waals surface area contributed by atoms with Gasteiger partial charge in [0.15, 0.2) is 15.7 Å². The quantitative estimate of drug-likeness (QED) is 0.854. The van der Waals surface area contributed by atoms with Crippen LogP contribution in [0.4, 0.5) is 8.78 Å². The maximum Gasteiger partial charge on any atom is 0.189 e. The van der Waals surface area contributed by atoms with Gasteiger partial charge in [-0.15, -0.1) is 10.2 Å². The molecule has 2 aromatic rings. The van der Waals surface area contributed by atoms with Crippen LogP contribution in [0, 0.1) is 11.6 Å². The van der Waals surface area contributed by atoms with Crippen molar-refractivity contribution in [3.05, 3.63) is 41.2 Å². The van der Waals surface area contributed by atoms with Gasteiger partial charge in [-0.05, 0) is 38.1 Å². The molecule has 0 radical (unpaired) electrons. The molecule has 0 amide bonds. The lowest BCUT2D eigenvalue weighted by Gasteiger charge is -2.15. The summed E-state index contributed by atoms with van der Waals surface area (Å²) in [7, 11) is -3.82. The lowest BCUT2D eigenvalue weighted by atomic mass is 10.1. The van der Waals surface area contributed by atoms with Crippen LogP contribution < -0.4 is 0 Å². The van der Waals surface area contributed by atoms with Crippen molar-refractivity contribution in [3.63, 3.8) is 0 Å². The fourth-order valence-corrected chi connectivity index (χ4v) is 3.05. The van der Waals surface area contributed by atoms with Gasteiger partial charge in [-0.3, -0.25) is 0 Å². The van der Waals surface area contributed by atoms with Gasteiger partial charge in [-0.2, -0.15) is 4.80 Å². The van der Waals surface area contributed by atoms with Crippen LogP contribution in [0.2, 0.25) is 0 Å². The molecule has 0 fully saturated rings. The molecule has 0 unspecified atom stereocenters. The zero-order valence-corrected chi connectivity index (χ0v) is 13.2. The van der Waals surface area contributed by atoms with Crippen LogP contribution in [0.3, 0.4) is 0 Å². The van der Waals surface area contributed by atoms with E-state index in [1.165, 1.54) is 10.9 Å². The van der Waals surface area contributed by atoms with E-state index in [1.807, 2.05) is 20.8 Å². The molecule has 0 N–H and O–H groups in total. The van der Waals surface area contributed by atoms with Crippen LogP contribution >= 0.6 is 0 Å². The molecule has 6 nitrogen and oxygen atoms in total. The highest BCUT2D eigenvalue weighted by atomic mass is 32.2. The Hall–Kier alpha value is -1.90. The molecule has 0 atom stereocenters. The molecular formula is C13H16F2N4O2S. The largest absolute Gasteiger partial charge is 0.228 e. The van der Waals surface area contributed by atoms with Crippen LogP contribution in [-0.2, 0) is 26.9 Å². The molecule has 0 saturated carbocycles. The average molecular weight is 330 g/mol. The molecule has 1 aromatic heterocycles. The first-order valence-electron chi connectivity index (χ1n) is 6.51. The molecule has 120 valence electrons. The Morgan fingerprint density at radius 2 is 1.73 bits per heavy atom. The molecule has 1 heterocycles. The van der Waals surface area contributed by atoms with Gasteiger partial charge in [0.1, 0.15) is 17.4 Å². The minimum atomic E-state index is -3.82. The van der Waals surface area contributed by atoms with Crippen LogP contribution in [0.15, 0.2) is 18.2 Å². The second-order valence-corrected chi connectivity index (χ2v) is 7.96. The predicted molar refractivity (Wildman–Crippen MR) is 75.5 cm³/mol. The second kappa shape index (κ2) is 5.71. The molecular weight excluding hydrogens is 314 g/mol. The molecule has 2 rings (SSSR count). The number of tetrazole rings is 1. The van der Waals surface area contributed by atoms with E-state index in [4.69, 9.17) is 0 Å². The van der Waals surface area contributed by atoms with Gasteiger partial charge in [-0.1, -0.05) is 6.07 Å². The average Bonchev–Trinajstić information content (AvgIpc) is 2.81. The van der Waals surface area contributed by atoms with E-state index in [0.29, 0.717) is 0 Å². The third-order valence-corrected chi connectivity index (χ3v) is 4.26. The van der Waals surface area contributed by atoms with Gasteiger partial charge >= 0.3 is 0 Å². The summed E-state index contributed by atoms with van der Waals surface area (Å²) in [4.78, 5) is 1.29. The van der Waals surface area contributed by atoms with Gasteiger partial charge in [0, 0.05) is 5.56 Å². The maximum absolute atomic E-state index is 13.5. The van der Waals surface area contributed by atoms with Crippen molar-refractivity contribution in [2.24, 2.45) is 0 Å². The van der Waals surface area contributed by atoms with E-state index in [9.17, 15) is 17.2 Å². The Labute approximate surface area is 127 Å². The highest BCUT2D eigenvalue weighted by molar-refractivity contribution is 7.89.